The van der Waals surface area contributed by atoms with Crippen LogP contribution in [0.25, 0.3) is 0 Å². The molecule has 0 saturated heterocycles. The smallest absolute Gasteiger partial charge is 0.329 e. The van der Waals surface area contributed by atoms with E-state index in [2.05, 4.69) is 20.3 Å². The van der Waals surface area contributed by atoms with Gasteiger partial charge in [-0.2, -0.15) is 4.98 Å². The average Bonchev–Trinajstić information content (AvgIpc) is 2.30. The van der Waals surface area contributed by atoms with Gasteiger partial charge in [0, 0.05) is 6.20 Å². The van der Waals surface area contributed by atoms with Gasteiger partial charge in [0.25, 0.3) is 0 Å². The molecule has 0 aromatic carbocycles. The lowest BCUT2D eigenvalue weighted by molar-refractivity contribution is -0.384. The van der Waals surface area contributed by atoms with E-state index in [4.69, 9.17) is 5.73 Å². The molecule has 0 fully saturated rings. The number of nitrogens with one attached hydrogen (secondary N) is 1. The van der Waals surface area contributed by atoms with E-state index >= 15 is 0 Å². The Kier molecular flexibility index (Phi) is 2.77. The van der Waals surface area contributed by atoms with E-state index in [0.717, 1.165) is 6.20 Å². The van der Waals surface area contributed by atoms with Crippen molar-refractivity contribution in [1.29, 1.82) is 0 Å². The first-order valence-electron chi connectivity index (χ1n) is 4.62. The van der Waals surface area contributed by atoms with Gasteiger partial charge in [-0.25, -0.2) is 9.97 Å². The third-order valence-electron chi connectivity index (χ3n) is 1.90. The van der Waals surface area contributed by atoms with Gasteiger partial charge in [0.05, 0.1) is 4.92 Å². The van der Waals surface area contributed by atoms with Crippen LogP contribution in [-0.2, 0) is 0 Å². The number of nitrogens with two attached hydrogens (primary N) is 1. The summed E-state index contributed by atoms with van der Waals surface area (Å²) in [6.45, 7) is 0. The average molecular weight is 232 g/mol. The molecule has 2 rings (SSSR count). The number of aromatic nitrogens is 3. The number of nitrogen functional groups attached to an aromatic ring is 1. The predicted octanol–water partition coefficient (Wildman–Crippen LogP) is 1.11. The number of hydrogen-bond acceptors (Lipinski definition) is 7. The van der Waals surface area contributed by atoms with Crippen molar-refractivity contribution in [3.63, 3.8) is 0 Å². The molecule has 0 aliphatic heterocycles. The van der Waals surface area contributed by atoms with Crippen LogP contribution in [0.1, 0.15) is 0 Å². The molecule has 0 aliphatic rings. The van der Waals surface area contributed by atoms with E-state index in [1.54, 1.807) is 24.4 Å². The Morgan fingerprint density at radius 2 is 2.18 bits per heavy atom. The highest BCUT2D eigenvalue weighted by atomic mass is 16.6. The SMILES string of the molecule is Nc1nc(Nc2ccccn2)ncc1[N+](=O)[O-]. The molecule has 2 aromatic heterocycles. The zero-order chi connectivity index (χ0) is 12.3. The molecule has 0 atom stereocenters. The number of nitro groups is 1. The second-order valence-electron chi connectivity index (χ2n) is 3.06. The van der Waals surface area contributed by atoms with Crippen LogP contribution in [-0.4, -0.2) is 19.9 Å². The van der Waals surface area contributed by atoms with Crippen LogP contribution in [0.4, 0.5) is 23.3 Å². The number of nitrogens with zero attached hydrogens (tertiary/aromatic N) is 4. The number of hydrogen-bond donors (Lipinski definition) is 2. The Bertz CT molecular complexity index is 544. The van der Waals surface area contributed by atoms with E-state index in [1.807, 2.05) is 0 Å². The Balaban J connectivity index is 2.24. The molecule has 0 spiro atoms. The van der Waals surface area contributed by atoms with Gasteiger partial charge in [-0.15, -0.1) is 0 Å². The van der Waals surface area contributed by atoms with Crippen molar-refractivity contribution in [2.45, 2.75) is 0 Å². The summed E-state index contributed by atoms with van der Waals surface area (Å²) in [5.74, 6) is 0.496. The molecule has 3 N–H and O–H groups in total. The molecule has 2 aromatic rings. The van der Waals surface area contributed by atoms with Gasteiger partial charge in [0.15, 0.2) is 0 Å². The lowest BCUT2D eigenvalue weighted by Crippen LogP contribution is -2.04. The molecule has 8 heteroatoms. The van der Waals surface area contributed by atoms with Gasteiger partial charge in [0.2, 0.25) is 11.8 Å². The summed E-state index contributed by atoms with van der Waals surface area (Å²) in [6.07, 6.45) is 2.64. The first kappa shape index (κ1) is 10.7. The Hall–Kier alpha value is -2.77. The van der Waals surface area contributed by atoms with Crippen molar-refractivity contribution in [2.75, 3.05) is 11.1 Å². The second kappa shape index (κ2) is 4.39. The van der Waals surface area contributed by atoms with Gasteiger partial charge < -0.3 is 11.1 Å². The molecular weight excluding hydrogens is 224 g/mol. The monoisotopic (exact) mass is 232 g/mol. The van der Waals surface area contributed by atoms with E-state index < -0.39 is 4.92 Å². The zero-order valence-electron chi connectivity index (χ0n) is 8.57. The minimum Gasteiger partial charge on any atom is -0.378 e. The fourth-order valence-electron chi connectivity index (χ4n) is 1.14. The molecule has 2 heterocycles. The van der Waals surface area contributed by atoms with Crippen molar-refractivity contribution in [3.8, 4) is 0 Å². The van der Waals surface area contributed by atoms with Gasteiger partial charge in [-0.1, -0.05) is 6.07 Å². The lowest BCUT2D eigenvalue weighted by atomic mass is 10.4. The van der Waals surface area contributed by atoms with Crippen LogP contribution in [0.5, 0.6) is 0 Å². The summed E-state index contributed by atoms with van der Waals surface area (Å²) in [7, 11) is 0. The fourth-order valence-corrected chi connectivity index (χ4v) is 1.14. The van der Waals surface area contributed by atoms with Crippen molar-refractivity contribution >= 4 is 23.3 Å². The maximum Gasteiger partial charge on any atom is 0.329 e. The summed E-state index contributed by atoms with van der Waals surface area (Å²) >= 11 is 0. The van der Waals surface area contributed by atoms with E-state index in [0.29, 0.717) is 5.82 Å². The highest BCUT2D eigenvalue weighted by molar-refractivity contribution is 5.56. The normalized spacial score (nSPS) is 9.88. The van der Waals surface area contributed by atoms with Crippen molar-refractivity contribution in [3.05, 3.63) is 40.7 Å². The molecule has 8 nitrogen and oxygen atoms in total. The van der Waals surface area contributed by atoms with Gasteiger partial charge >= 0.3 is 5.69 Å². The zero-order valence-corrected chi connectivity index (χ0v) is 8.57. The van der Waals surface area contributed by atoms with E-state index in [-0.39, 0.29) is 17.5 Å². The summed E-state index contributed by atoms with van der Waals surface area (Å²) in [5.41, 5.74) is 5.10. The fraction of sp³-hybridized carbons (Fsp3) is 0. The van der Waals surface area contributed by atoms with Gasteiger partial charge in [-0.05, 0) is 12.1 Å². The number of anilines is 3. The Morgan fingerprint density at radius 3 is 2.76 bits per heavy atom. The molecule has 86 valence electrons. The minimum absolute atomic E-state index is 0.159. The van der Waals surface area contributed by atoms with Crippen LogP contribution < -0.4 is 11.1 Å². The summed E-state index contributed by atoms with van der Waals surface area (Å²) in [6, 6.07) is 5.25. The first-order valence-corrected chi connectivity index (χ1v) is 4.62. The second-order valence-corrected chi connectivity index (χ2v) is 3.06. The molecule has 0 saturated carbocycles. The molecule has 17 heavy (non-hydrogen) atoms. The maximum absolute atomic E-state index is 10.5. The van der Waals surface area contributed by atoms with Crippen LogP contribution >= 0.6 is 0 Å². The molecule has 0 amide bonds. The Morgan fingerprint density at radius 1 is 1.35 bits per heavy atom. The largest absolute Gasteiger partial charge is 0.378 e. The van der Waals surface area contributed by atoms with E-state index in [1.165, 1.54) is 0 Å². The first-order chi connectivity index (χ1) is 8.16. The van der Waals surface area contributed by atoms with E-state index in [9.17, 15) is 10.1 Å². The topological polar surface area (TPSA) is 120 Å². The third-order valence-corrected chi connectivity index (χ3v) is 1.90. The maximum atomic E-state index is 10.5. The van der Waals surface area contributed by atoms with Crippen molar-refractivity contribution in [2.24, 2.45) is 0 Å². The third kappa shape index (κ3) is 2.43. The molecule has 0 bridgehead atoms. The lowest BCUT2D eigenvalue weighted by Gasteiger charge is -2.03. The molecular formula is C9H8N6O2. The van der Waals surface area contributed by atoms with Crippen LogP contribution in [0.15, 0.2) is 30.6 Å². The highest BCUT2D eigenvalue weighted by Gasteiger charge is 2.14. The summed E-state index contributed by atoms with van der Waals surface area (Å²) in [5, 5.41) is 13.3. The Labute approximate surface area is 95.7 Å². The predicted molar refractivity (Wildman–Crippen MR) is 60.6 cm³/mol. The van der Waals surface area contributed by atoms with Crippen LogP contribution in [0, 0.1) is 10.1 Å². The molecule has 0 aliphatic carbocycles. The molecule has 0 unspecified atom stereocenters. The minimum atomic E-state index is -0.639. The summed E-state index contributed by atoms with van der Waals surface area (Å²) in [4.78, 5) is 21.4. The van der Waals surface area contributed by atoms with Crippen molar-refractivity contribution < 1.29 is 4.92 Å². The van der Waals surface area contributed by atoms with Crippen LogP contribution in [0.3, 0.4) is 0 Å². The van der Waals surface area contributed by atoms with Gasteiger partial charge in [-0.3, -0.25) is 10.1 Å². The van der Waals surface area contributed by atoms with Crippen molar-refractivity contribution in [1.82, 2.24) is 15.0 Å². The quantitative estimate of drug-likeness (QED) is 0.600. The van der Waals surface area contributed by atoms with Crippen LogP contribution in [0.2, 0.25) is 0 Å². The van der Waals surface area contributed by atoms with Gasteiger partial charge in [0.1, 0.15) is 12.0 Å². The standard InChI is InChI=1S/C9H8N6O2/c10-8-6(15(16)17)5-12-9(14-8)13-7-3-1-2-4-11-7/h1-5H,(H3,10,11,12,13,14). The highest BCUT2D eigenvalue weighted by Crippen LogP contribution is 2.19. The number of rotatable bonds is 3. The molecule has 0 radical (unpaired) electrons. The summed E-state index contributed by atoms with van der Waals surface area (Å²) < 4.78 is 0. The number of pyridine rings is 1.